The molecule has 4 nitrogen and oxygen atoms in total. The van der Waals surface area contributed by atoms with Crippen molar-refractivity contribution in [3.63, 3.8) is 0 Å². The topological polar surface area (TPSA) is 55.4 Å². The number of ketones is 1. The number of rotatable bonds is 8. The molecule has 0 spiro atoms. The zero-order valence-corrected chi connectivity index (χ0v) is 15.1. The van der Waals surface area contributed by atoms with Crippen LogP contribution in [0.4, 0.5) is 0 Å². The average Bonchev–Trinajstić information content (AvgIpc) is 2.97. The predicted molar refractivity (Wildman–Crippen MR) is 96.4 cm³/mol. The third kappa shape index (κ3) is 5.81. The average molecular weight is 345 g/mol. The highest BCUT2D eigenvalue weighted by Gasteiger charge is 2.14. The van der Waals surface area contributed by atoms with Gasteiger partial charge < -0.3 is 14.8 Å². The van der Waals surface area contributed by atoms with Crippen molar-refractivity contribution in [2.75, 3.05) is 0 Å². The molecule has 1 aromatic heterocycles. The van der Waals surface area contributed by atoms with E-state index >= 15 is 0 Å². The van der Waals surface area contributed by atoms with Crippen molar-refractivity contribution in [2.45, 2.75) is 46.3 Å². The van der Waals surface area contributed by atoms with Gasteiger partial charge in [0.2, 0.25) is 0 Å². The lowest BCUT2D eigenvalue weighted by molar-refractivity contribution is -0.127. The summed E-state index contributed by atoms with van der Waals surface area (Å²) in [7, 11) is 0. The molecular formula is C19H23NO3S. The van der Waals surface area contributed by atoms with Crippen molar-refractivity contribution in [3.05, 3.63) is 51.7 Å². The van der Waals surface area contributed by atoms with Gasteiger partial charge in [-0.05, 0) is 57.0 Å². The Morgan fingerprint density at radius 3 is 2.46 bits per heavy atom. The zero-order valence-electron chi connectivity index (χ0n) is 14.3. The van der Waals surface area contributed by atoms with Crippen molar-refractivity contribution in [3.8, 4) is 5.75 Å². The van der Waals surface area contributed by atoms with Gasteiger partial charge in [-0.15, -0.1) is 11.3 Å². The number of amides is 1. The Hall–Kier alpha value is -2.14. The fraction of sp³-hybridized carbons (Fsp3) is 0.368. The number of benzene rings is 1. The highest BCUT2D eigenvalue weighted by Crippen LogP contribution is 2.16. The molecule has 1 heterocycles. The molecule has 128 valence electrons. The van der Waals surface area contributed by atoms with E-state index < -0.39 is 6.10 Å². The van der Waals surface area contributed by atoms with Gasteiger partial charge in [-0.25, -0.2) is 0 Å². The molecule has 1 N–H and O–H groups in total. The van der Waals surface area contributed by atoms with E-state index in [1.807, 2.05) is 43.3 Å². The number of nitrogens with one attached hydrogen (secondary N) is 1. The Bertz CT molecular complexity index is 691. The van der Waals surface area contributed by atoms with Gasteiger partial charge in [-0.3, -0.25) is 4.79 Å². The van der Waals surface area contributed by atoms with Crippen molar-refractivity contribution in [2.24, 2.45) is 0 Å². The van der Waals surface area contributed by atoms with Crippen LogP contribution in [-0.4, -0.2) is 17.8 Å². The minimum atomic E-state index is -0.561. The Morgan fingerprint density at radius 1 is 1.17 bits per heavy atom. The molecular weight excluding hydrogens is 322 g/mol. The molecule has 0 aliphatic heterocycles. The van der Waals surface area contributed by atoms with Crippen LogP contribution in [0.15, 0.2) is 36.4 Å². The third-order valence-electron chi connectivity index (χ3n) is 3.60. The van der Waals surface area contributed by atoms with E-state index in [9.17, 15) is 9.59 Å². The second-order valence-corrected chi connectivity index (χ2v) is 7.21. The molecule has 2 aromatic rings. The molecule has 0 radical (unpaired) electrons. The van der Waals surface area contributed by atoms with Crippen molar-refractivity contribution < 1.29 is 14.3 Å². The maximum atomic E-state index is 12.1. The van der Waals surface area contributed by atoms with Crippen LogP contribution >= 0.6 is 11.3 Å². The number of Topliss-reactive ketones (excluding diaryl/α,β-unsaturated/α-hetero) is 1. The van der Waals surface area contributed by atoms with Crippen LogP contribution in [0.25, 0.3) is 0 Å². The molecule has 5 heteroatoms. The van der Waals surface area contributed by atoms with Crippen LogP contribution in [0.2, 0.25) is 0 Å². The Kier molecular flexibility index (Phi) is 6.55. The van der Waals surface area contributed by atoms with Crippen LogP contribution < -0.4 is 10.1 Å². The Balaban J connectivity index is 1.81. The van der Waals surface area contributed by atoms with E-state index in [1.54, 1.807) is 25.2 Å². The van der Waals surface area contributed by atoms with Gasteiger partial charge in [-0.2, -0.15) is 0 Å². The first-order valence-corrected chi connectivity index (χ1v) is 8.84. The van der Waals surface area contributed by atoms with Gasteiger partial charge in [0.05, 0.1) is 6.54 Å². The smallest absolute Gasteiger partial charge is 0.261 e. The van der Waals surface area contributed by atoms with E-state index in [1.165, 1.54) is 4.88 Å². The summed E-state index contributed by atoms with van der Waals surface area (Å²) in [6.07, 6.45) is 0.710. The molecule has 1 unspecified atom stereocenters. The molecule has 1 amide bonds. The highest BCUT2D eigenvalue weighted by atomic mass is 32.1. The SMILES string of the molecule is CC(=O)CCc1ccc(OC(C)C(=O)NCc2ccc(C)s2)cc1. The van der Waals surface area contributed by atoms with Gasteiger partial charge in [0, 0.05) is 16.2 Å². The lowest BCUT2D eigenvalue weighted by atomic mass is 10.1. The number of carbonyl (C=O) groups is 2. The van der Waals surface area contributed by atoms with Crippen molar-refractivity contribution in [1.82, 2.24) is 5.32 Å². The quantitative estimate of drug-likeness (QED) is 0.794. The molecule has 0 bridgehead atoms. The van der Waals surface area contributed by atoms with Gasteiger partial charge in [0.25, 0.3) is 5.91 Å². The molecule has 24 heavy (non-hydrogen) atoms. The van der Waals surface area contributed by atoms with Gasteiger partial charge >= 0.3 is 0 Å². The van der Waals surface area contributed by atoms with Crippen molar-refractivity contribution in [1.29, 1.82) is 0 Å². The molecule has 1 aromatic carbocycles. The fourth-order valence-electron chi connectivity index (χ4n) is 2.21. The summed E-state index contributed by atoms with van der Waals surface area (Å²) in [6, 6.07) is 11.6. The maximum Gasteiger partial charge on any atom is 0.261 e. The van der Waals surface area contributed by atoms with Crippen LogP contribution in [0.1, 0.15) is 35.6 Å². The normalized spacial score (nSPS) is 11.8. The Labute approximate surface area is 146 Å². The first-order chi connectivity index (χ1) is 11.4. The first kappa shape index (κ1) is 18.2. The fourth-order valence-corrected chi connectivity index (χ4v) is 3.04. The van der Waals surface area contributed by atoms with E-state index in [0.29, 0.717) is 18.7 Å². The lowest BCUT2D eigenvalue weighted by Crippen LogP contribution is -2.35. The number of aryl methyl sites for hydroxylation is 2. The van der Waals surface area contributed by atoms with E-state index in [4.69, 9.17) is 4.74 Å². The molecule has 0 aliphatic rings. The third-order valence-corrected chi connectivity index (χ3v) is 4.60. The van der Waals surface area contributed by atoms with Crippen LogP contribution in [-0.2, 0) is 22.6 Å². The molecule has 0 aliphatic carbocycles. The van der Waals surface area contributed by atoms with Gasteiger partial charge in [0.15, 0.2) is 6.10 Å². The summed E-state index contributed by atoms with van der Waals surface area (Å²) < 4.78 is 5.67. The van der Waals surface area contributed by atoms with E-state index in [-0.39, 0.29) is 11.7 Å². The monoisotopic (exact) mass is 345 g/mol. The molecule has 1 atom stereocenters. The largest absolute Gasteiger partial charge is 0.481 e. The summed E-state index contributed by atoms with van der Waals surface area (Å²) in [4.78, 5) is 25.5. The zero-order chi connectivity index (χ0) is 17.5. The second kappa shape index (κ2) is 8.64. The van der Waals surface area contributed by atoms with E-state index in [2.05, 4.69) is 5.32 Å². The molecule has 2 rings (SSSR count). The minimum absolute atomic E-state index is 0.137. The molecule has 0 saturated heterocycles. The van der Waals surface area contributed by atoms with Crippen LogP contribution in [0, 0.1) is 6.92 Å². The number of hydrogen-bond acceptors (Lipinski definition) is 4. The predicted octanol–water partition coefficient (Wildman–Crippen LogP) is 3.66. The lowest BCUT2D eigenvalue weighted by Gasteiger charge is -2.14. The number of ether oxygens (including phenoxy) is 1. The van der Waals surface area contributed by atoms with Crippen molar-refractivity contribution >= 4 is 23.0 Å². The first-order valence-electron chi connectivity index (χ1n) is 8.02. The number of thiophene rings is 1. The second-order valence-electron chi connectivity index (χ2n) is 5.84. The standard InChI is InChI=1S/C19H23NO3S/c1-13(21)4-6-16-7-9-17(10-8-16)23-15(3)19(22)20-12-18-11-5-14(2)24-18/h5,7-11,15H,4,6,12H2,1-3H3,(H,20,22). The summed E-state index contributed by atoms with van der Waals surface area (Å²) in [5.41, 5.74) is 1.09. The van der Waals surface area contributed by atoms with E-state index in [0.717, 1.165) is 16.9 Å². The molecule has 0 saturated carbocycles. The minimum Gasteiger partial charge on any atom is -0.481 e. The maximum absolute atomic E-state index is 12.1. The summed E-state index contributed by atoms with van der Waals surface area (Å²) >= 11 is 1.67. The summed E-state index contributed by atoms with van der Waals surface area (Å²) in [6.45, 7) is 5.89. The highest BCUT2D eigenvalue weighted by molar-refractivity contribution is 7.11. The summed E-state index contributed by atoms with van der Waals surface area (Å²) in [5, 5.41) is 2.89. The van der Waals surface area contributed by atoms with Crippen LogP contribution in [0.3, 0.4) is 0 Å². The number of carbonyl (C=O) groups excluding carboxylic acids is 2. The van der Waals surface area contributed by atoms with Gasteiger partial charge in [0.1, 0.15) is 11.5 Å². The molecule has 0 fully saturated rings. The number of hydrogen-bond donors (Lipinski definition) is 1. The summed E-state index contributed by atoms with van der Waals surface area (Å²) in [5.74, 6) is 0.694. The van der Waals surface area contributed by atoms with Crippen LogP contribution in [0.5, 0.6) is 5.75 Å². The Morgan fingerprint density at radius 2 is 1.88 bits per heavy atom. The van der Waals surface area contributed by atoms with Gasteiger partial charge in [-0.1, -0.05) is 12.1 Å².